The van der Waals surface area contributed by atoms with E-state index in [0.29, 0.717) is 10.1 Å². The standard InChI is InChI=1S/C8H11NO3S/c1-8(2,11)6(10)5-4-9-7(12-3)13-5/h4,11H,1-3H3. The third-order valence-corrected chi connectivity index (χ3v) is 2.40. The molecule has 0 spiro atoms. The topological polar surface area (TPSA) is 59.4 Å². The highest BCUT2D eigenvalue weighted by Gasteiger charge is 2.27. The van der Waals surface area contributed by atoms with Crippen molar-refractivity contribution in [3.8, 4) is 5.19 Å². The fourth-order valence-electron chi connectivity index (χ4n) is 0.759. The number of aromatic nitrogens is 1. The van der Waals surface area contributed by atoms with Crippen LogP contribution in [0.15, 0.2) is 6.20 Å². The van der Waals surface area contributed by atoms with Crippen LogP contribution in [0.25, 0.3) is 0 Å². The molecular formula is C8H11NO3S. The molecule has 4 nitrogen and oxygen atoms in total. The molecule has 1 N–H and O–H groups in total. The van der Waals surface area contributed by atoms with Crippen LogP contribution in [0.3, 0.4) is 0 Å². The Balaban J connectivity index is 2.90. The molecule has 0 unspecified atom stereocenters. The Bertz CT molecular complexity index is 313. The van der Waals surface area contributed by atoms with Crippen LogP contribution in [0, 0.1) is 0 Å². The lowest BCUT2D eigenvalue weighted by molar-refractivity contribution is 0.0492. The van der Waals surface area contributed by atoms with Crippen molar-refractivity contribution in [1.29, 1.82) is 0 Å². The monoisotopic (exact) mass is 201 g/mol. The van der Waals surface area contributed by atoms with Gasteiger partial charge in [0.2, 0.25) is 5.78 Å². The number of carbonyl (C=O) groups excluding carboxylic acids is 1. The summed E-state index contributed by atoms with van der Waals surface area (Å²) in [5, 5.41) is 9.83. The molecule has 0 saturated carbocycles. The largest absolute Gasteiger partial charge is 0.473 e. The second-order valence-electron chi connectivity index (χ2n) is 3.08. The number of ketones is 1. The zero-order valence-corrected chi connectivity index (χ0v) is 8.51. The molecule has 72 valence electrons. The zero-order chi connectivity index (χ0) is 10.1. The normalized spacial score (nSPS) is 11.4. The molecule has 1 aromatic heterocycles. The van der Waals surface area contributed by atoms with Crippen molar-refractivity contribution in [2.75, 3.05) is 7.11 Å². The van der Waals surface area contributed by atoms with Gasteiger partial charge in [0.1, 0.15) is 5.60 Å². The maximum absolute atomic E-state index is 11.5. The van der Waals surface area contributed by atoms with E-state index in [2.05, 4.69) is 4.98 Å². The Morgan fingerprint density at radius 2 is 2.31 bits per heavy atom. The van der Waals surface area contributed by atoms with E-state index in [1.807, 2.05) is 0 Å². The molecule has 0 fully saturated rings. The summed E-state index contributed by atoms with van der Waals surface area (Å²) >= 11 is 1.12. The van der Waals surface area contributed by atoms with Gasteiger partial charge in [0.15, 0.2) is 0 Å². The summed E-state index contributed by atoms with van der Waals surface area (Å²) in [7, 11) is 1.48. The van der Waals surface area contributed by atoms with Crippen molar-refractivity contribution >= 4 is 17.1 Å². The summed E-state index contributed by atoms with van der Waals surface area (Å²) in [6.45, 7) is 2.89. The summed E-state index contributed by atoms with van der Waals surface area (Å²) in [6, 6.07) is 0. The molecule has 0 aliphatic heterocycles. The molecule has 0 bridgehead atoms. The number of carbonyl (C=O) groups is 1. The number of rotatable bonds is 3. The number of methoxy groups -OCH3 is 1. The lowest BCUT2D eigenvalue weighted by Gasteiger charge is -2.12. The zero-order valence-electron chi connectivity index (χ0n) is 7.70. The van der Waals surface area contributed by atoms with Gasteiger partial charge >= 0.3 is 0 Å². The van der Waals surface area contributed by atoms with Gasteiger partial charge in [-0.1, -0.05) is 11.3 Å². The first-order chi connectivity index (χ1) is 5.95. The molecule has 0 amide bonds. The number of nitrogens with zero attached hydrogens (tertiary/aromatic N) is 1. The van der Waals surface area contributed by atoms with Crippen molar-refractivity contribution in [1.82, 2.24) is 4.98 Å². The predicted molar refractivity (Wildman–Crippen MR) is 49.3 cm³/mol. The highest BCUT2D eigenvalue weighted by atomic mass is 32.1. The minimum absolute atomic E-state index is 0.340. The van der Waals surface area contributed by atoms with Crippen LogP contribution < -0.4 is 4.74 Å². The van der Waals surface area contributed by atoms with E-state index in [-0.39, 0.29) is 5.78 Å². The van der Waals surface area contributed by atoms with E-state index in [0.717, 1.165) is 11.3 Å². The summed E-state index contributed by atoms with van der Waals surface area (Å²) in [6.07, 6.45) is 1.41. The Morgan fingerprint density at radius 3 is 2.69 bits per heavy atom. The van der Waals surface area contributed by atoms with E-state index in [1.54, 1.807) is 0 Å². The number of aliphatic hydroxyl groups is 1. The van der Waals surface area contributed by atoms with Crippen LogP contribution in [0.1, 0.15) is 23.5 Å². The van der Waals surface area contributed by atoms with Crippen LogP contribution in [0.2, 0.25) is 0 Å². The van der Waals surface area contributed by atoms with Gasteiger partial charge in [0.25, 0.3) is 5.19 Å². The maximum atomic E-state index is 11.5. The number of ether oxygens (including phenoxy) is 1. The smallest absolute Gasteiger partial charge is 0.273 e. The van der Waals surface area contributed by atoms with Crippen molar-refractivity contribution in [3.05, 3.63) is 11.1 Å². The van der Waals surface area contributed by atoms with Crippen molar-refractivity contribution < 1.29 is 14.6 Å². The maximum Gasteiger partial charge on any atom is 0.273 e. The SMILES string of the molecule is COc1ncc(C(=O)C(C)(C)O)s1. The van der Waals surface area contributed by atoms with Crippen molar-refractivity contribution in [2.24, 2.45) is 0 Å². The van der Waals surface area contributed by atoms with E-state index < -0.39 is 5.60 Å². The van der Waals surface area contributed by atoms with Crippen LogP contribution in [-0.2, 0) is 0 Å². The minimum Gasteiger partial charge on any atom is -0.473 e. The summed E-state index contributed by atoms with van der Waals surface area (Å²) < 4.78 is 4.83. The summed E-state index contributed by atoms with van der Waals surface area (Å²) in [4.78, 5) is 15.7. The van der Waals surface area contributed by atoms with Gasteiger partial charge in [0, 0.05) is 0 Å². The Hall–Kier alpha value is -0.940. The molecule has 5 heteroatoms. The van der Waals surface area contributed by atoms with E-state index >= 15 is 0 Å². The first kappa shape index (κ1) is 10.1. The van der Waals surface area contributed by atoms with E-state index in [1.165, 1.54) is 27.2 Å². The Morgan fingerprint density at radius 1 is 1.69 bits per heavy atom. The Kier molecular flexibility index (Phi) is 2.68. The minimum atomic E-state index is -1.35. The molecule has 13 heavy (non-hydrogen) atoms. The van der Waals surface area contributed by atoms with Crippen LogP contribution in [0.5, 0.6) is 5.19 Å². The van der Waals surface area contributed by atoms with Crippen LogP contribution in [-0.4, -0.2) is 28.6 Å². The average molecular weight is 201 g/mol. The molecule has 1 aromatic rings. The van der Waals surface area contributed by atoms with Gasteiger partial charge in [-0.05, 0) is 13.8 Å². The number of hydrogen-bond acceptors (Lipinski definition) is 5. The number of thiazole rings is 1. The van der Waals surface area contributed by atoms with Crippen molar-refractivity contribution in [3.63, 3.8) is 0 Å². The second kappa shape index (κ2) is 3.43. The van der Waals surface area contributed by atoms with Gasteiger partial charge in [-0.2, -0.15) is 0 Å². The van der Waals surface area contributed by atoms with Gasteiger partial charge < -0.3 is 9.84 Å². The van der Waals surface area contributed by atoms with Gasteiger partial charge in [0.05, 0.1) is 18.2 Å². The highest BCUT2D eigenvalue weighted by Crippen LogP contribution is 2.23. The first-order valence-corrected chi connectivity index (χ1v) is 4.54. The lowest BCUT2D eigenvalue weighted by Crippen LogP contribution is -2.30. The fraction of sp³-hybridized carbons (Fsp3) is 0.500. The quantitative estimate of drug-likeness (QED) is 0.744. The molecular weight excluding hydrogens is 190 g/mol. The van der Waals surface area contributed by atoms with E-state index in [9.17, 15) is 9.90 Å². The molecule has 0 aliphatic rings. The fourth-order valence-corrected chi connectivity index (χ4v) is 1.58. The Labute approximate surface area is 80.2 Å². The first-order valence-electron chi connectivity index (χ1n) is 3.72. The third kappa shape index (κ3) is 2.26. The van der Waals surface area contributed by atoms with E-state index in [4.69, 9.17) is 4.74 Å². The van der Waals surface area contributed by atoms with Gasteiger partial charge in [-0.25, -0.2) is 4.98 Å². The predicted octanol–water partition coefficient (Wildman–Crippen LogP) is 1.11. The lowest BCUT2D eigenvalue weighted by atomic mass is 10.0. The number of Topliss-reactive ketones (excluding diaryl/α,β-unsaturated/α-hetero) is 1. The summed E-state index contributed by atoms with van der Waals surface area (Å²) in [5.41, 5.74) is -1.35. The molecule has 0 atom stereocenters. The summed E-state index contributed by atoms with van der Waals surface area (Å²) in [5.74, 6) is -0.340. The molecule has 0 saturated heterocycles. The van der Waals surface area contributed by atoms with Crippen LogP contribution >= 0.6 is 11.3 Å². The highest BCUT2D eigenvalue weighted by molar-refractivity contribution is 7.15. The molecule has 0 aliphatic carbocycles. The number of hydrogen-bond donors (Lipinski definition) is 1. The molecule has 1 rings (SSSR count). The molecule has 0 radical (unpaired) electrons. The average Bonchev–Trinajstić information content (AvgIpc) is 2.48. The van der Waals surface area contributed by atoms with Crippen molar-refractivity contribution in [2.45, 2.75) is 19.4 Å². The molecule has 1 heterocycles. The van der Waals surface area contributed by atoms with Crippen LogP contribution in [0.4, 0.5) is 0 Å². The van der Waals surface area contributed by atoms with Gasteiger partial charge in [-0.3, -0.25) is 4.79 Å². The molecule has 0 aromatic carbocycles. The van der Waals surface area contributed by atoms with Gasteiger partial charge in [-0.15, -0.1) is 0 Å². The second-order valence-corrected chi connectivity index (χ2v) is 4.08. The third-order valence-electron chi connectivity index (χ3n) is 1.44.